The number of carbonyl (C=O) groups is 2. The first-order chi connectivity index (χ1) is 15.5. The highest BCUT2D eigenvalue weighted by molar-refractivity contribution is 6.58. The lowest BCUT2D eigenvalue weighted by molar-refractivity contribution is 0.0415. The molecule has 0 radical (unpaired) electrons. The maximum atomic E-state index is 13.3. The third kappa shape index (κ3) is 5.52. The van der Waals surface area contributed by atoms with E-state index in [1.165, 1.54) is 28.1 Å². The molecule has 2 aromatic rings. The molecular weight excluding hydrogens is 433 g/mol. The van der Waals surface area contributed by atoms with Gasteiger partial charge in [0.1, 0.15) is 11.2 Å². The van der Waals surface area contributed by atoms with E-state index in [-0.39, 0.29) is 34.7 Å². The SMILES string of the molecule is CCOC(=O)c1cn(N(C(=O)OC(C)(C)C)C2CCOCC2)c2ncc(B(O)O)cc2c1=O. The maximum Gasteiger partial charge on any atom is 0.490 e. The Morgan fingerprint density at radius 2 is 1.97 bits per heavy atom. The fraction of sp³-hybridized carbons (Fsp3) is 0.524. The molecule has 0 saturated carbocycles. The molecule has 0 atom stereocenters. The molecule has 33 heavy (non-hydrogen) atoms. The highest BCUT2D eigenvalue weighted by Crippen LogP contribution is 2.21. The monoisotopic (exact) mass is 461 g/mol. The van der Waals surface area contributed by atoms with E-state index in [0.717, 1.165) is 0 Å². The van der Waals surface area contributed by atoms with Crippen molar-refractivity contribution in [2.45, 2.75) is 52.2 Å². The van der Waals surface area contributed by atoms with Crippen LogP contribution in [0.2, 0.25) is 0 Å². The summed E-state index contributed by atoms with van der Waals surface area (Å²) in [4.78, 5) is 43.2. The third-order valence-electron chi connectivity index (χ3n) is 4.99. The van der Waals surface area contributed by atoms with Crippen molar-refractivity contribution in [1.29, 1.82) is 0 Å². The van der Waals surface area contributed by atoms with Gasteiger partial charge in [0.05, 0.1) is 18.0 Å². The molecule has 12 heteroatoms. The van der Waals surface area contributed by atoms with Gasteiger partial charge in [-0.05, 0) is 46.6 Å². The number of amides is 1. The highest BCUT2D eigenvalue weighted by Gasteiger charge is 2.33. The minimum atomic E-state index is -1.88. The van der Waals surface area contributed by atoms with E-state index >= 15 is 0 Å². The van der Waals surface area contributed by atoms with Gasteiger partial charge in [-0.15, -0.1) is 0 Å². The fourth-order valence-electron chi connectivity index (χ4n) is 3.52. The molecule has 0 bridgehead atoms. The normalized spacial score (nSPS) is 14.7. The number of nitrogens with zero attached hydrogens (tertiary/aromatic N) is 3. The van der Waals surface area contributed by atoms with Crippen LogP contribution in [0.3, 0.4) is 0 Å². The topological polar surface area (TPSA) is 140 Å². The van der Waals surface area contributed by atoms with Crippen LogP contribution >= 0.6 is 0 Å². The average Bonchev–Trinajstić information content (AvgIpc) is 2.74. The van der Waals surface area contributed by atoms with Crippen LogP contribution in [-0.2, 0) is 14.2 Å². The fourth-order valence-corrected chi connectivity index (χ4v) is 3.52. The number of rotatable bonds is 5. The number of fused-ring (bicyclic) bond motifs is 1. The van der Waals surface area contributed by atoms with E-state index in [1.54, 1.807) is 27.7 Å². The standard InChI is InChI=1S/C21H28BN3O8/c1-5-32-19(27)16-12-24(18-15(17(16)26)10-13(11-23-18)22(29)30)25(14-6-8-31-9-7-14)20(28)33-21(2,3)4/h10-12,14,29-30H,5-9H2,1-4H3. The largest absolute Gasteiger partial charge is 0.490 e. The molecule has 0 unspecified atom stereocenters. The zero-order valence-electron chi connectivity index (χ0n) is 19.1. The Kier molecular flexibility index (Phi) is 7.40. The summed E-state index contributed by atoms with van der Waals surface area (Å²) >= 11 is 0. The molecule has 0 aromatic carbocycles. The Morgan fingerprint density at radius 3 is 2.55 bits per heavy atom. The van der Waals surface area contributed by atoms with Gasteiger partial charge in [0, 0.05) is 31.1 Å². The number of ether oxygens (including phenoxy) is 3. The van der Waals surface area contributed by atoms with Gasteiger partial charge in [0.2, 0.25) is 5.43 Å². The Labute approximate surface area is 191 Å². The van der Waals surface area contributed by atoms with Gasteiger partial charge in [-0.1, -0.05) is 0 Å². The Balaban J connectivity index is 2.28. The van der Waals surface area contributed by atoms with Crippen molar-refractivity contribution in [2.75, 3.05) is 24.8 Å². The number of aromatic nitrogens is 2. The Morgan fingerprint density at radius 1 is 1.30 bits per heavy atom. The van der Waals surface area contributed by atoms with Gasteiger partial charge >= 0.3 is 19.2 Å². The molecular formula is C21H28BN3O8. The van der Waals surface area contributed by atoms with E-state index in [1.807, 2.05) is 0 Å². The van der Waals surface area contributed by atoms with Crippen LogP contribution in [0.4, 0.5) is 4.79 Å². The molecule has 0 spiro atoms. The summed E-state index contributed by atoms with van der Waals surface area (Å²) in [6.07, 6.45) is 2.69. The van der Waals surface area contributed by atoms with Crippen molar-refractivity contribution >= 4 is 35.7 Å². The number of esters is 1. The number of pyridine rings is 2. The molecule has 11 nitrogen and oxygen atoms in total. The molecule has 1 aliphatic heterocycles. The molecule has 1 fully saturated rings. The molecule has 1 amide bonds. The van der Waals surface area contributed by atoms with Gasteiger partial charge in [-0.2, -0.15) is 0 Å². The van der Waals surface area contributed by atoms with Crippen LogP contribution in [0.15, 0.2) is 23.3 Å². The van der Waals surface area contributed by atoms with Crippen LogP contribution in [-0.4, -0.2) is 70.4 Å². The molecule has 1 saturated heterocycles. The van der Waals surface area contributed by atoms with Crippen molar-refractivity contribution in [3.63, 3.8) is 0 Å². The molecule has 178 valence electrons. The lowest BCUT2D eigenvalue weighted by Crippen LogP contribution is -2.52. The molecule has 3 heterocycles. The predicted molar refractivity (Wildman–Crippen MR) is 120 cm³/mol. The maximum absolute atomic E-state index is 13.3. The number of hydrogen-bond acceptors (Lipinski definition) is 9. The smallest absolute Gasteiger partial charge is 0.462 e. The van der Waals surface area contributed by atoms with Gasteiger partial charge < -0.3 is 24.3 Å². The molecule has 0 aliphatic carbocycles. The van der Waals surface area contributed by atoms with Gasteiger partial charge in [-0.25, -0.2) is 24.3 Å². The zero-order chi connectivity index (χ0) is 24.3. The zero-order valence-corrected chi connectivity index (χ0v) is 19.1. The van der Waals surface area contributed by atoms with Crippen LogP contribution in [0.1, 0.15) is 50.9 Å². The molecule has 1 aliphatic rings. The van der Waals surface area contributed by atoms with Gasteiger partial charge in [-0.3, -0.25) is 4.79 Å². The second-order valence-electron chi connectivity index (χ2n) is 8.62. The van der Waals surface area contributed by atoms with Crippen molar-refractivity contribution in [3.8, 4) is 0 Å². The summed E-state index contributed by atoms with van der Waals surface area (Å²) < 4.78 is 17.4. The van der Waals surface area contributed by atoms with Gasteiger partial charge in [0.25, 0.3) is 0 Å². The first-order valence-corrected chi connectivity index (χ1v) is 10.7. The van der Waals surface area contributed by atoms with Crippen molar-refractivity contribution in [3.05, 3.63) is 34.2 Å². The average molecular weight is 461 g/mol. The minimum Gasteiger partial charge on any atom is -0.462 e. The lowest BCUT2D eigenvalue weighted by Gasteiger charge is -2.36. The number of carbonyl (C=O) groups excluding carboxylic acids is 2. The molecule has 3 rings (SSSR count). The van der Waals surface area contributed by atoms with Crippen LogP contribution in [0.25, 0.3) is 11.0 Å². The second-order valence-corrected chi connectivity index (χ2v) is 8.62. The van der Waals surface area contributed by atoms with Crippen LogP contribution in [0, 0.1) is 0 Å². The molecule has 2 aromatic heterocycles. The highest BCUT2D eigenvalue weighted by atomic mass is 16.6. The second kappa shape index (κ2) is 9.90. The summed E-state index contributed by atoms with van der Waals surface area (Å²) in [6.45, 7) is 7.67. The van der Waals surface area contributed by atoms with Crippen molar-refractivity contribution in [1.82, 2.24) is 9.66 Å². The van der Waals surface area contributed by atoms with Crippen molar-refractivity contribution in [2.24, 2.45) is 0 Å². The Bertz CT molecular complexity index is 1090. The van der Waals surface area contributed by atoms with E-state index in [0.29, 0.717) is 26.1 Å². The van der Waals surface area contributed by atoms with E-state index in [4.69, 9.17) is 14.2 Å². The predicted octanol–water partition coefficient (Wildman–Crippen LogP) is 0.305. The molecule has 2 N–H and O–H groups in total. The summed E-state index contributed by atoms with van der Waals surface area (Å²) in [5.74, 6) is -0.871. The lowest BCUT2D eigenvalue weighted by atomic mass is 9.81. The summed E-state index contributed by atoms with van der Waals surface area (Å²) in [5, 5.41) is 20.3. The first kappa shape index (κ1) is 24.7. The number of hydrogen-bond donors (Lipinski definition) is 2. The van der Waals surface area contributed by atoms with Crippen LogP contribution in [0.5, 0.6) is 0 Å². The van der Waals surface area contributed by atoms with Crippen LogP contribution < -0.4 is 15.9 Å². The van der Waals surface area contributed by atoms with E-state index < -0.39 is 30.2 Å². The summed E-state index contributed by atoms with van der Waals surface area (Å²) in [5.41, 5.74) is -1.82. The van der Waals surface area contributed by atoms with Gasteiger partial charge in [0.15, 0.2) is 5.65 Å². The Hall–Kier alpha value is -2.96. The summed E-state index contributed by atoms with van der Waals surface area (Å²) in [7, 11) is -1.88. The quantitative estimate of drug-likeness (QED) is 0.475. The van der Waals surface area contributed by atoms with E-state index in [2.05, 4.69) is 4.98 Å². The minimum absolute atomic E-state index is 0.0398. The third-order valence-corrected chi connectivity index (χ3v) is 4.99. The van der Waals surface area contributed by atoms with E-state index in [9.17, 15) is 24.4 Å². The summed E-state index contributed by atoms with van der Waals surface area (Å²) in [6, 6.07) is 0.866. The first-order valence-electron chi connectivity index (χ1n) is 10.7. The van der Waals surface area contributed by atoms with Crippen molar-refractivity contribution < 1.29 is 33.8 Å².